The van der Waals surface area contributed by atoms with Crippen LogP contribution in [0.4, 0.5) is 17.1 Å². The van der Waals surface area contributed by atoms with Gasteiger partial charge in [0.05, 0.1) is 13.2 Å². The normalized spacial score (nSPS) is 9.62. The number of ether oxygens (including phenoxy) is 2. The van der Waals surface area contributed by atoms with Crippen LogP contribution in [0.5, 0.6) is 11.5 Å². The maximum atomic E-state index is 10.4. The predicted molar refractivity (Wildman–Crippen MR) is 109 cm³/mol. The molecule has 0 aliphatic carbocycles. The Labute approximate surface area is 156 Å². The molecule has 0 heterocycles. The Morgan fingerprint density at radius 2 is 1.46 bits per heavy atom. The lowest BCUT2D eigenvalue weighted by Crippen LogP contribution is -2.08. The third-order valence-corrected chi connectivity index (χ3v) is 3.50. The van der Waals surface area contributed by atoms with Gasteiger partial charge in [-0.3, -0.25) is 0 Å². The Morgan fingerprint density at radius 1 is 0.846 bits per heavy atom. The van der Waals surface area contributed by atoms with Crippen molar-refractivity contribution >= 4 is 17.1 Å². The lowest BCUT2D eigenvalue weighted by molar-refractivity contribution is 0.340. The van der Waals surface area contributed by atoms with Crippen LogP contribution in [0.15, 0.2) is 47.6 Å². The van der Waals surface area contributed by atoms with Gasteiger partial charge in [0.2, 0.25) is 0 Å². The van der Waals surface area contributed by atoms with Crippen LogP contribution in [0.25, 0.3) is 0 Å². The molecule has 0 bridgehead atoms. The van der Waals surface area contributed by atoms with E-state index in [-0.39, 0.29) is 0 Å². The molecular formula is C20H29N3O3. The first-order valence-corrected chi connectivity index (χ1v) is 8.60. The number of nitroso groups, excluding NO2 is 1. The number of nitrogens with zero attached hydrogens (tertiary/aromatic N) is 3. The first-order valence-electron chi connectivity index (χ1n) is 8.60. The molecule has 0 aromatic heterocycles. The summed E-state index contributed by atoms with van der Waals surface area (Å²) in [6.45, 7) is 5.11. The highest BCUT2D eigenvalue weighted by molar-refractivity contribution is 5.61. The van der Waals surface area contributed by atoms with Gasteiger partial charge in [-0.2, -0.15) is 0 Å². The highest BCUT2D eigenvalue weighted by atomic mass is 16.5. The third kappa shape index (κ3) is 6.63. The van der Waals surface area contributed by atoms with Gasteiger partial charge >= 0.3 is 0 Å². The van der Waals surface area contributed by atoms with Crippen molar-refractivity contribution in [1.29, 1.82) is 0 Å². The Morgan fingerprint density at radius 3 is 2.00 bits per heavy atom. The van der Waals surface area contributed by atoms with Crippen molar-refractivity contribution in [1.82, 2.24) is 0 Å². The molecule has 0 spiro atoms. The smallest absolute Gasteiger partial charge is 0.150 e. The second-order valence-corrected chi connectivity index (χ2v) is 5.90. The fourth-order valence-corrected chi connectivity index (χ4v) is 2.15. The first-order chi connectivity index (χ1) is 12.4. The summed E-state index contributed by atoms with van der Waals surface area (Å²) >= 11 is 0. The average molecular weight is 359 g/mol. The molecule has 26 heavy (non-hydrogen) atoms. The van der Waals surface area contributed by atoms with Crippen LogP contribution >= 0.6 is 0 Å². The Kier molecular flexibility index (Phi) is 8.98. The van der Waals surface area contributed by atoms with Gasteiger partial charge < -0.3 is 19.3 Å². The van der Waals surface area contributed by atoms with E-state index in [1.807, 2.05) is 71.2 Å². The van der Waals surface area contributed by atoms with E-state index in [0.29, 0.717) is 18.0 Å². The zero-order valence-corrected chi connectivity index (χ0v) is 16.5. The van der Waals surface area contributed by atoms with Crippen molar-refractivity contribution < 1.29 is 9.47 Å². The summed E-state index contributed by atoms with van der Waals surface area (Å²) in [6.07, 6.45) is 0. The maximum absolute atomic E-state index is 10.4. The number of hydrogen-bond donors (Lipinski definition) is 0. The molecular weight excluding hydrogens is 330 g/mol. The minimum absolute atomic E-state index is 0.345. The van der Waals surface area contributed by atoms with Crippen molar-refractivity contribution in [2.24, 2.45) is 5.18 Å². The monoisotopic (exact) mass is 359 g/mol. The van der Waals surface area contributed by atoms with Gasteiger partial charge in [0.15, 0.2) is 5.75 Å². The molecule has 0 saturated carbocycles. The van der Waals surface area contributed by atoms with Crippen molar-refractivity contribution in [3.05, 3.63) is 47.4 Å². The maximum Gasteiger partial charge on any atom is 0.150 e. The molecule has 0 aliphatic rings. The van der Waals surface area contributed by atoms with E-state index in [9.17, 15) is 4.91 Å². The second kappa shape index (κ2) is 11.0. The molecule has 6 nitrogen and oxygen atoms in total. The average Bonchev–Trinajstić information content (AvgIpc) is 2.63. The Balaban J connectivity index is 0.000000263. The summed E-state index contributed by atoms with van der Waals surface area (Å²) in [5.74, 6) is 1.47. The summed E-state index contributed by atoms with van der Waals surface area (Å²) in [6, 6.07) is 13.4. The van der Waals surface area contributed by atoms with E-state index < -0.39 is 0 Å². The number of hydrogen-bond acceptors (Lipinski definition) is 6. The zero-order chi connectivity index (χ0) is 19.5. The molecule has 0 saturated heterocycles. The lowest BCUT2D eigenvalue weighted by Gasteiger charge is -2.14. The fraction of sp³-hybridized carbons (Fsp3) is 0.400. The summed E-state index contributed by atoms with van der Waals surface area (Å²) in [4.78, 5) is 14.4. The van der Waals surface area contributed by atoms with E-state index in [0.717, 1.165) is 18.0 Å². The number of benzene rings is 2. The van der Waals surface area contributed by atoms with Gasteiger partial charge in [0.25, 0.3) is 0 Å². The molecule has 142 valence electrons. The molecule has 2 aromatic rings. The molecule has 0 atom stereocenters. The van der Waals surface area contributed by atoms with E-state index in [4.69, 9.17) is 9.47 Å². The zero-order valence-electron chi connectivity index (χ0n) is 16.5. The van der Waals surface area contributed by atoms with E-state index >= 15 is 0 Å². The van der Waals surface area contributed by atoms with Gasteiger partial charge in [-0.15, -0.1) is 4.91 Å². The van der Waals surface area contributed by atoms with Gasteiger partial charge in [-0.1, -0.05) is 6.07 Å². The summed E-state index contributed by atoms with van der Waals surface area (Å²) < 4.78 is 10.7. The molecule has 2 aromatic carbocycles. The van der Waals surface area contributed by atoms with Gasteiger partial charge in [-0.05, 0) is 43.3 Å². The molecule has 0 radical (unpaired) electrons. The van der Waals surface area contributed by atoms with Crippen LogP contribution in [0, 0.1) is 4.91 Å². The lowest BCUT2D eigenvalue weighted by atomic mass is 10.2. The minimum Gasteiger partial charge on any atom is -0.494 e. The van der Waals surface area contributed by atoms with Crippen LogP contribution in [-0.4, -0.2) is 41.4 Å². The number of anilines is 2. The van der Waals surface area contributed by atoms with E-state index in [2.05, 4.69) is 16.1 Å². The first kappa shape index (κ1) is 21.3. The van der Waals surface area contributed by atoms with Crippen LogP contribution in [0.3, 0.4) is 0 Å². The van der Waals surface area contributed by atoms with Crippen LogP contribution < -0.4 is 19.3 Å². The molecule has 0 aliphatic heterocycles. The molecule has 0 N–H and O–H groups in total. The van der Waals surface area contributed by atoms with Gasteiger partial charge in [0.1, 0.15) is 11.4 Å². The van der Waals surface area contributed by atoms with E-state index in [1.54, 1.807) is 12.1 Å². The minimum atomic E-state index is 0.345. The topological polar surface area (TPSA) is 54.4 Å². The van der Waals surface area contributed by atoms with Gasteiger partial charge in [0, 0.05) is 51.7 Å². The molecule has 0 fully saturated rings. The summed E-state index contributed by atoms with van der Waals surface area (Å²) in [7, 11) is 7.90. The fourth-order valence-electron chi connectivity index (χ4n) is 2.15. The molecule has 6 heteroatoms. The van der Waals surface area contributed by atoms with Crippen molar-refractivity contribution in [3.63, 3.8) is 0 Å². The number of rotatable bonds is 7. The second-order valence-electron chi connectivity index (χ2n) is 5.90. The van der Waals surface area contributed by atoms with Crippen molar-refractivity contribution in [2.45, 2.75) is 13.8 Å². The summed E-state index contributed by atoms with van der Waals surface area (Å²) in [5.41, 5.74) is 2.50. The van der Waals surface area contributed by atoms with Crippen molar-refractivity contribution in [3.8, 4) is 11.5 Å². The Bertz CT molecular complexity index is 688. The Hall–Kier alpha value is -2.76. The SMILES string of the molecule is CCOc1cc(N(C)C)ccc1N=O.CCOc1cccc(N(C)C)c1. The molecule has 2 rings (SSSR count). The molecule has 0 amide bonds. The predicted octanol–water partition coefficient (Wildman–Crippen LogP) is 4.70. The highest BCUT2D eigenvalue weighted by Crippen LogP contribution is 2.31. The largest absolute Gasteiger partial charge is 0.494 e. The summed E-state index contributed by atoms with van der Waals surface area (Å²) in [5, 5.41) is 2.90. The quantitative estimate of drug-likeness (QED) is 0.671. The van der Waals surface area contributed by atoms with Crippen LogP contribution in [-0.2, 0) is 0 Å². The molecule has 0 unspecified atom stereocenters. The van der Waals surface area contributed by atoms with Crippen molar-refractivity contribution in [2.75, 3.05) is 51.2 Å². The van der Waals surface area contributed by atoms with E-state index in [1.165, 1.54) is 5.69 Å². The third-order valence-electron chi connectivity index (χ3n) is 3.50. The van der Waals surface area contributed by atoms with Gasteiger partial charge in [-0.25, -0.2) is 0 Å². The standard InChI is InChI=1S/C10H14N2O2.C10H15NO/c1-4-14-10-7-8(12(2)3)5-6-9(10)11-13;1-4-12-10-7-5-6-9(8-10)11(2)3/h5-7H,4H2,1-3H3;5-8H,4H2,1-3H3. The van der Waals surface area contributed by atoms with Crippen LogP contribution in [0.1, 0.15) is 13.8 Å². The van der Waals surface area contributed by atoms with Crippen LogP contribution in [0.2, 0.25) is 0 Å². The highest BCUT2D eigenvalue weighted by Gasteiger charge is 2.06.